The fourth-order valence-electron chi connectivity index (χ4n) is 4.24. The summed E-state index contributed by atoms with van der Waals surface area (Å²) < 4.78 is 18.7. The molecule has 2 aromatic rings. The molecule has 1 unspecified atom stereocenters. The van der Waals surface area contributed by atoms with E-state index in [1.165, 1.54) is 17.7 Å². The van der Waals surface area contributed by atoms with Crippen LogP contribution in [0.1, 0.15) is 31.9 Å². The average molecular weight is 368 g/mol. The largest absolute Gasteiger partial charge is 0.465 e. The Balaban J connectivity index is 1.27. The molecule has 1 saturated heterocycles. The Morgan fingerprint density at radius 1 is 1.33 bits per heavy atom. The Kier molecular flexibility index (Phi) is 4.87. The maximum atomic E-state index is 13.3. The van der Waals surface area contributed by atoms with Gasteiger partial charge in [0.15, 0.2) is 0 Å². The highest BCUT2D eigenvalue weighted by atomic mass is 19.1. The zero-order valence-corrected chi connectivity index (χ0v) is 15.6. The third-order valence-electron chi connectivity index (χ3n) is 5.86. The van der Waals surface area contributed by atoms with Crippen LogP contribution in [0.4, 0.5) is 10.1 Å². The van der Waals surface area contributed by atoms with Crippen LogP contribution in [0.15, 0.2) is 52.7 Å². The van der Waals surface area contributed by atoms with Crippen molar-refractivity contribution < 1.29 is 13.6 Å². The fraction of sp³-hybridized carbons (Fsp3) is 0.409. The molecule has 1 saturated carbocycles. The van der Waals surface area contributed by atoms with Gasteiger partial charge in [0, 0.05) is 18.2 Å². The number of benzene rings is 1. The van der Waals surface area contributed by atoms with Crippen molar-refractivity contribution in [2.75, 3.05) is 25.0 Å². The predicted molar refractivity (Wildman–Crippen MR) is 104 cm³/mol. The summed E-state index contributed by atoms with van der Waals surface area (Å²) in [7, 11) is 0. The minimum atomic E-state index is -0.329. The second-order valence-corrected chi connectivity index (χ2v) is 7.90. The summed E-state index contributed by atoms with van der Waals surface area (Å²) in [5.74, 6) is 0.646. The summed E-state index contributed by atoms with van der Waals surface area (Å²) in [6, 6.07) is 9.94. The minimum Gasteiger partial charge on any atom is -0.465 e. The Bertz CT molecular complexity index is 836. The van der Waals surface area contributed by atoms with Crippen LogP contribution in [0.5, 0.6) is 0 Å². The molecule has 2 fully saturated rings. The van der Waals surface area contributed by atoms with Crippen molar-refractivity contribution in [1.29, 1.82) is 0 Å². The van der Waals surface area contributed by atoms with Gasteiger partial charge in [-0.2, -0.15) is 0 Å². The van der Waals surface area contributed by atoms with Gasteiger partial charge in [0.05, 0.1) is 6.26 Å². The standard InChI is InChI=1S/C22H25FN2O2/c1-16(12-19-6-3-11-27-19)15-25-9-7-22(8-10-25)14-20(22)21(26)24-18-5-2-4-17(23)13-18/h2-6,11-13,20H,7-10,14-15H2,1H3,(H,24,26)/b16-12+. The van der Waals surface area contributed by atoms with Gasteiger partial charge in [-0.15, -0.1) is 0 Å². The number of carbonyl (C=O) groups is 1. The van der Waals surface area contributed by atoms with Gasteiger partial charge in [0.1, 0.15) is 11.6 Å². The topological polar surface area (TPSA) is 45.5 Å². The second kappa shape index (κ2) is 7.31. The first-order valence-electron chi connectivity index (χ1n) is 9.54. The SMILES string of the molecule is C/C(=C\c1ccco1)CN1CCC2(CC1)CC2C(=O)Nc1cccc(F)c1. The Morgan fingerprint density at radius 3 is 2.85 bits per heavy atom. The molecule has 1 aromatic carbocycles. The van der Waals surface area contributed by atoms with Gasteiger partial charge in [0.25, 0.3) is 0 Å². The quantitative estimate of drug-likeness (QED) is 0.841. The van der Waals surface area contributed by atoms with Crippen LogP contribution in [0.3, 0.4) is 0 Å². The van der Waals surface area contributed by atoms with E-state index in [-0.39, 0.29) is 23.1 Å². The van der Waals surface area contributed by atoms with Crippen LogP contribution in [-0.4, -0.2) is 30.4 Å². The van der Waals surface area contributed by atoms with Gasteiger partial charge >= 0.3 is 0 Å². The van der Waals surface area contributed by atoms with E-state index in [1.807, 2.05) is 12.1 Å². The lowest BCUT2D eigenvalue weighted by molar-refractivity contribution is -0.118. The number of piperidine rings is 1. The Hall–Kier alpha value is -2.40. The third-order valence-corrected chi connectivity index (χ3v) is 5.86. The number of carbonyl (C=O) groups excluding carboxylic acids is 1. The second-order valence-electron chi connectivity index (χ2n) is 7.90. The maximum Gasteiger partial charge on any atom is 0.228 e. The molecule has 2 heterocycles. The van der Waals surface area contributed by atoms with Gasteiger partial charge in [-0.3, -0.25) is 9.69 Å². The number of nitrogens with zero attached hydrogens (tertiary/aromatic N) is 1. The highest BCUT2D eigenvalue weighted by Gasteiger charge is 2.58. The zero-order chi connectivity index (χ0) is 18.9. The molecule has 5 heteroatoms. The maximum absolute atomic E-state index is 13.3. The van der Waals surface area contributed by atoms with Crippen molar-refractivity contribution >= 4 is 17.7 Å². The molecule has 4 nitrogen and oxygen atoms in total. The zero-order valence-electron chi connectivity index (χ0n) is 15.6. The first-order valence-corrected chi connectivity index (χ1v) is 9.54. The van der Waals surface area contributed by atoms with Gasteiger partial charge in [-0.25, -0.2) is 4.39 Å². The summed E-state index contributed by atoms with van der Waals surface area (Å²) in [6.45, 7) is 5.07. The van der Waals surface area contributed by atoms with Crippen LogP contribution in [0.2, 0.25) is 0 Å². The lowest BCUT2D eigenvalue weighted by atomic mass is 9.90. The van der Waals surface area contributed by atoms with Gasteiger partial charge in [-0.1, -0.05) is 11.6 Å². The van der Waals surface area contributed by atoms with E-state index in [9.17, 15) is 9.18 Å². The number of halogens is 1. The third kappa shape index (κ3) is 4.14. The van der Waals surface area contributed by atoms with Crippen LogP contribution in [-0.2, 0) is 4.79 Å². The number of rotatable bonds is 5. The number of hydrogen-bond acceptors (Lipinski definition) is 3. The molecular weight excluding hydrogens is 343 g/mol. The van der Waals surface area contributed by atoms with Crippen LogP contribution in [0, 0.1) is 17.2 Å². The number of nitrogens with one attached hydrogen (secondary N) is 1. The van der Waals surface area contributed by atoms with E-state index in [0.717, 1.165) is 44.7 Å². The average Bonchev–Trinajstić information content (AvgIpc) is 3.09. The molecule has 4 rings (SSSR count). The molecular formula is C22H25FN2O2. The Morgan fingerprint density at radius 2 is 2.15 bits per heavy atom. The predicted octanol–water partition coefficient (Wildman–Crippen LogP) is 4.56. The molecule has 1 spiro atoms. The fourth-order valence-corrected chi connectivity index (χ4v) is 4.24. The van der Waals surface area contributed by atoms with E-state index >= 15 is 0 Å². The van der Waals surface area contributed by atoms with E-state index in [1.54, 1.807) is 18.4 Å². The number of amides is 1. The number of furan rings is 1. The summed E-state index contributed by atoms with van der Waals surface area (Å²) in [4.78, 5) is 15.0. The molecule has 1 aliphatic heterocycles. The van der Waals surface area contributed by atoms with E-state index in [0.29, 0.717) is 5.69 Å². The molecule has 0 radical (unpaired) electrons. The van der Waals surface area contributed by atoms with Crippen molar-refractivity contribution in [3.63, 3.8) is 0 Å². The molecule has 1 amide bonds. The summed E-state index contributed by atoms with van der Waals surface area (Å²) in [5, 5.41) is 2.87. The monoisotopic (exact) mass is 368 g/mol. The van der Waals surface area contributed by atoms with Crippen LogP contribution >= 0.6 is 0 Å². The molecule has 1 aliphatic carbocycles. The normalized spacial score (nSPS) is 22.0. The van der Waals surface area contributed by atoms with Gasteiger partial charge < -0.3 is 9.73 Å². The highest BCUT2D eigenvalue weighted by molar-refractivity contribution is 5.95. The van der Waals surface area contributed by atoms with Gasteiger partial charge in [-0.05, 0) is 81.1 Å². The smallest absolute Gasteiger partial charge is 0.228 e. The first-order chi connectivity index (χ1) is 13.0. The number of likely N-dealkylation sites (tertiary alicyclic amines) is 1. The molecule has 1 aromatic heterocycles. The molecule has 1 N–H and O–H groups in total. The van der Waals surface area contributed by atoms with Crippen molar-refractivity contribution in [2.45, 2.75) is 26.2 Å². The highest BCUT2D eigenvalue weighted by Crippen LogP contribution is 2.59. The molecule has 142 valence electrons. The van der Waals surface area contributed by atoms with Crippen molar-refractivity contribution in [3.05, 3.63) is 59.8 Å². The summed E-state index contributed by atoms with van der Waals surface area (Å²) in [5.41, 5.74) is 1.96. The van der Waals surface area contributed by atoms with Crippen LogP contribution in [0.25, 0.3) is 6.08 Å². The lowest BCUT2D eigenvalue weighted by Gasteiger charge is -2.33. The van der Waals surface area contributed by atoms with Crippen LogP contribution < -0.4 is 5.32 Å². The van der Waals surface area contributed by atoms with Gasteiger partial charge in [0.2, 0.25) is 5.91 Å². The first kappa shape index (κ1) is 18.0. The van der Waals surface area contributed by atoms with E-state index < -0.39 is 0 Å². The number of anilines is 1. The molecule has 1 atom stereocenters. The molecule has 27 heavy (non-hydrogen) atoms. The minimum absolute atomic E-state index is 0.0305. The van der Waals surface area contributed by atoms with E-state index in [2.05, 4.69) is 23.2 Å². The lowest BCUT2D eigenvalue weighted by Crippen LogP contribution is -2.37. The summed E-state index contributed by atoms with van der Waals surface area (Å²) >= 11 is 0. The molecule has 0 bridgehead atoms. The van der Waals surface area contributed by atoms with Crippen molar-refractivity contribution in [2.24, 2.45) is 11.3 Å². The number of hydrogen-bond donors (Lipinski definition) is 1. The van der Waals surface area contributed by atoms with Crippen molar-refractivity contribution in [1.82, 2.24) is 4.90 Å². The Labute approximate surface area is 159 Å². The molecule has 2 aliphatic rings. The van der Waals surface area contributed by atoms with E-state index in [4.69, 9.17) is 4.42 Å². The summed E-state index contributed by atoms with van der Waals surface area (Å²) in [6.07, 6.45) is 6.80. The van der Waals surface area contributed by atoms with Crippen molar-refractivity contribution in [3.8, 4) is 0 Å².